The Kier molecular flexibility index (Phi) is 1.56. The quantitative estimate of drug-likeness (QED) is 0.495. The van der Waals surface area contributed by atoms with Crippen LogP contribution in [0.2, 0.25) is 0 Å². The van der Waals surface area contributed by atoms with Crippen molar-refractivity contribution in [3.63, 3.8) is 0 Å². The fourth-order valence-corrected chi connectivity index (χ4v) is 2.06. The molecule has 2 saturated heterocycles. The van der Waals surface area contributed by atoms with E-state index in [1.807, 2.05) is 6.92 Å². The number of carbonyl (C=O) groups is 2. The minimum atomic E-state index is -0.444. The zero-order valence-corrected chi connectivity index (χ0v) is 7.04. The van der Waals surface area contributed by atoms with Crippen LogP contribution < -0.4 is 5.32 Å². The maximum atomic E-state index is 11.3. The second kappa shape index (κ2) is 2.47. The highest BCUT2D eigenvalue weighted by atomic mass is 16.2. The Morgan fingerprint density at radius 2 is 2.25 bits per heavy atom. The first-order valence-corrected chi connectivity index (χ1v) is 4.31. The van der Waals surface area contributed by atoms with Crippen molar-refractivity contribution >= 4 is 11.8 Å². The average Bonchev–Trinajstić information content (AvgIpc) is 2.48. The van der Waals surface area contributed by atoms with Crippen molar-refractivity contribution in [2.75, 3.05) is 6.54 Å². The van der Waals surface area contributed by atoms with Crippen molar-refractivity contribution in [1.82, 2.24) is 10.2 Å². The molecule has 4 nitrogen and oxygen atoms in total. The molecular formula is C8H12N2O2. The summed E-state index contributed by atoms with van der Waals surface area (Å²) >= 11 is 0. The molecule has 2 heterocycles. The lowest BCUT2D eigenvalue weighted by molar-refractivity contribution is -0.150. The van der Waals surface area contributed by atoms with Crippen LogP contribution in [0.25, 0.3) is 0 Å². The molecule has 0 unspecified atom stereocenters. The predicted molar refractivity (Wildman–Crippen MR) is 42.3 cm³/mol. The minimum absolute atomic E-state index is 0.123. The van der Waals surface area contributed by atoms with Crippen LogP contribution >= 0.6 is 0 Å². The van der Waals surface area contributed by atoms with Crippen molar-refractivity contribution in [2.45, 2.75) is 31.8 Å². The van der Waals surface area contributed by atoms with E-state index >= 15 is 0 Å². The number of nitrogens with zero attached hydrogens (tertiary/aromatic N) is 1. The molecule has 2 atom stereocenters. The van der Waals surface area contributed by atoms with E-state index in [-0.39, 0.29) is 18.0 Å². The van der Waals surface area contributed by atoms with Crippen LogP contribution in [-0.4, -0.2) is 35.3 Å². The SMILES string of the molecule is C[C@@H]1NC(=O)C(=O)N2CCC[C@H]12. The molecule has 0 aromatic carbocycles. The lowest BCUT2D eigenvalue weighted by atomic mass is 10.1. The van der Waals surface area contributed by atoms with Gasteiger partial charge >= 0.3 is 11.8 Å². The summed E-state index contributed by atoms with van der Waals surface area (Å²) in [6, 6.07) is 0.368. The molecule has 0 aromatic heterocycles. The van der Waals surface area contributed by atoms with E-state index in [1.165, 1.54) is 0 Å². The zero-order valence-electron chi connectivity index (χ0n) is 7.04. The van der Waals surface area contributed by atoms with Crippen LogP contribution in [-0.2, 0) is 9.59 Å². The van der Waals surface area contributed by atoms with E-state index < -0.39 is 5.91 Å². The average molecular weight is 168 g/mol. The number of piperazine rings is 1. The van der Waals surface area contributed by atoms with E-state index in [0.717, 1.165) is 19.4 Å². The highest BCUT2D eigenvalue weighted by Crippen LogP contribution is 2.22. The number of nitrogens with one attached hydrogen (secondary N) is 1. The molecule has 2 fully saturated rings. The first-order valence-electron chi connectivity index (χ1n) is 4.31. The van der Waals surface area contributed by atoms with Crippen molar-refractivity contribution in [1.29, 1.82) is 0 Å². The molecule has 2 rings (SSSR count). The van der Waals surface area contributed by atoms with Gasteiger partial charge in [-0.15, -0.1) is 0 Å². The van der Waals surface area contributed by atoms with E-state index in [4.69, 9.17) is 0 Å². The number of carbonyl (C=O) groups excluding carboxylic acids is 2. The molecule has 2 aliphatic heterocycles. The fourth-order valence-electron chi connectivity index (χ4n) is 2.06. The summed E-state index contributed by atoms with van der Waals surface area (Å²) in [6.07, 6.45) is 2.04. The monoisotopic (exact) mass is 168 g/mol. The highest BCUT2D eigenvalue weighted by molar-refractivity contribution is 6.35. The third-order valence-corrected chi connectivity index (χ3v) is 2.69. The summed E-state index contributed by atoms with van der Waals surface area (Å²) in [4.78, 5) is 24.0. The second-order valence-electron chi connectivity index (χ2n) is 3.47. The summed E-state index contributed by atoms with van der Waals surface area (Å²) in [5.41, 5.74) is 0. The summed E-state index contributed by atoms with van der Waals surface area (Å²) in [7, 11) is 0. The van der Waals surface area contributed by atoms with Gasteiger partial charge in [0.25, 0.3) is 0 Å². The Morgan fingerprint density at radius 3 is 3.00 bits per heavy atom. The van der Waals surface area contributed by atoms with Crippen LogP contribution in [0, 0.1) is 0 Å². The van der Waals surface area contributed by atoms with Gasteiger partial charge in [-0.1, -0.05) is 0 Å². The molecule has 1 N–H and O–H groups in total. The molecule has 2 aliphatic rings. The minimum Gasteiger partial charge on any atom is -0.343 e. The number of hydrogen-bond donors (Lipinski definition) is 1. The third-order valence-electron chi connectivity index (χ3n) is 2.69. The first-order chi connectivity index (χ1) is 5.70. The van der Waals surface area contributed by atoms with E-state index in [0.29, 0.717) is 0 Å². The molecule has 0 saturated carbocycles. The largest absolute Gasteiger partial charge is 0.343 e. The van der Waals surface area contributed by atoms with Crippen LogP contribution in [0.1, 0.15) is 19.8 Å². The molecule has 12 heavy (non-hydrogen) atoms. The van der Waals surface area contributed by atoms with Gasteiger partial charge in [0.2, 0.25) is 0 Å². The standard InChI is InChI=1S/C8H12N2O2/c1-5-6-3-2-4-10(6)8(12)7(11)9-5/h5-6H,2-4H2,1H3,(H,9,11)/t5-,6+/m0/s1. The maximum Gasteiger partial charge on any atom is 0.312 e. The van der Waals surface area contributed by atoms with Gasteiger partial charge in [0.15, 0.2) is 0 Å². The first kappa shape index (κ1) is 7.58. The molecule has 0 radical (unpaired) electrons. The van der Waals surface area contributed by atoms with Gasteiger partial charge in [0.05, 0.1) is 6.04 Å². The normalized spacial score (nSPS) is 34.9. The van der Waals surface area contributed by atoms with Crippen molar-refractivity contribution in [3.05, 3.63) is 0 Å². The maximum absolute atomic E-state index is 11.3. The number of rotatable bonds is 0. The fraction of sp³-hybridized carbons (Fsp3) is 0.750. The Labute approximate surface area is 70.9 Å². The smallest absolute Gasteiger partial charge is 0.312 e. The summed E-state index contributed by atoms with van der Waals surface area (Å²) in [5.74, 6) is -0.795. The number of fused-ring (bicyclic) bond motifs is 1. The second-order valence-corrected chi connectivity index (χ2v) is 3.47. The molecule has 66 valence electrons. The third kappa shape index (κ3) is 0.906. The Bertz CT molecular complexity index is 239. The van der Waals surface area contributed by atoms with Crippen molar-refractivity contribution < 1.29 is 9.59 Å². The van der Waals surface area contributed by atoms with E-state index in [9.17, 15) is 9.59 Å². The summed E-state index contributed by atoms with van der Waals surface area (Å²) in [5, 5.41) is 2.67. The van der Waals surface area contributed by atoms with Crippen LogP contribution in [0.5, 0.6) is 0 Å². The molecule has 0 spiro atoms. The van der Waals surface area contributed by atoms with E-state index in [1.54, 1.807) is 4.90 Å². The van der Waals surface area contributed by atoms with Gasteiger partial charge in [-0.25, -0.2) is 0 Å². The van der Waals surface area contributed by atoms with Crippen molar-refractivity contribution in [2.24, 2.45) is 0 Å². The molecule has 4 heteroatoms. The molecule has 0 bridgehead atoms. The highest BCUT2D eigenvalue weighted by Gasteiger charge is 2.40. The topological polar surface area (TPSA) is 49.4 Å². The Hall–Kier alpha value is -1.06. The Morgan fingerprint density at radius 1 is 1.50 bits per heavy atom. The van der Waals surface area contributed by atoms with Crippen LogP contribution in [0.4, 0.5) is 0 Å². The lowest BCUT2D eigenvalue weighted by Crippen LogP contribution is -2.60. The summed E-state index contributed by atoms with van der Waals surface area (Å²) in [6.45, 7) is 2.70. The van der Waals surface area contributed by atoms with Gasteiger partial charge in [-0.05, 0) is 19.8 Å². The van der Waals surface area contributed by atoms with Gasteiger partial charge < -0.3 is 10.2 Å². The van der Waals surface area contributed by atoms with Gasteiger partial charge in [0, 0.05) is 12.6 Å². The lowest BCUT2D eigenvalue weighted by Gasteiger charge is -2.34. The molecule has 0 aromatic rings. The summed E-state index contributed by atoms with van der Waals surface area (Å²) < 4.78 is 0. The number of hydrogen-bond acceptors (Lipinski definition) is 2. The van der Waals surface area contributed by atoms with Crippen molar-refractivity contribution in [3.8, 4) is 0 Å². The van der Waals surface area contributed by atoms with Crippen LogP contribution in [0.15, 0.2) is 0 Å². The van der Waals surface area contributed by atoms with Gasteiger partial charge in [0.1, 0.15) is 0 Å². The molecule has 0 aliphatic carbocycles. The molecule has 2 amide bonds. The van der Waals surface area contributed by atoms with Gasteiger partial charge in [-0.3, -0.25) is 9.59 Å². The van der Waals surface area contributed by atoms with E-state index in [2.05, 4.69) is 5.32 Å². The van der Waals surface area contributed by atoms with Gasteiger partial charge in [-0.2, -0.15) is 0 Å². The number of amides is 2. The van der Waals surface area contributed by atoms with Crippen LogP contribution in [0.3, 0.4) is 0 Å². The zero-order chi connectivity index (χ0) is 8.72. The predicted octanol–water partition coefficient (Wildman–Crippen LogP) is -0.504. The Balaban J connectivity index is 2.23. The molecular weight excluding hydrogens is 156 g/mol.